The van der Waals surface area contributed by atoms with Crippen molar-refractivity contribution in [2.45, 2.75) is 13.3 Å². The monoisotopic (exact) mass is 320 g/mol. The molecule has 0 fully saturated rings. The predicted octanol–water partition coefficient (Wildman–Crippen LogP) is 1.74. The van der Waals surface area contributed by atoms with Crippen LogP contribution in [0.25, 0.3) is 11.1 Å². The number of hydrogen-bond acceptors (Lipinski definition) is 6. The fourth-order valence-electron chi connectivity index (χ4n) is 1.76. The molecule has 2 aromatic rings. The van der Waals surface area contributed by atoms with Crippen LogP contribution in [-0.2, 0) is 10.0 Å². The molecular weight excluding hydrogens is 312 g/mol. The van der Waals surface area contributed by atoms with E-state index in [1.807, 2.05) is 0 Å². The van der Waals surface area contributed by atoms with Gasteiger partial charge in [-0.05, 0) is 12.5 Å². The Bertz CT molecular complexity index is 850. The lowest BCUT2D eigenvalue weighted by molar-refractivity contribution is -0.384. The smallest absolute Gasteiger partial charge is 0.407 e. The topological polar surface area (TPSA) is 112 Å². The summed E-state index contributed by atoms with van der Waals surface area (Å²) in [6, 6.07) is 1.96. The maximum Gasteiger partial charge on any atom is 0.434 e. The van der Waals surface area contributed by atoms with Crippen LogP contribution in [0.1, 0.15) is 13.3 Å². The van der Waals surface area contributed by atoms with Crippen molar-refractivity contribution >= 4 is 38.4 Å². The van der Waals surface area contributed by atoms with Crippen LogP contribution in [-0.4, -0.2) is 23.1 Å². The van der Waals surface area contributed by atoms with E-state index >= 15 is 0 Å². The molecule has 0 aliphatic heterocycles. The number of benzene rings is 1. The molecule has 0 aliphatic rings. The highest BCUT2D eigenvalue weighted by Gasteiger charge is 2.24. The summed E-state index contributed by atoms with van der Waals surface area (Å²) in [7, 11) is -3.89. The molecule has 0 unspecified atom stereocenters. The quantitative estimate of drug-likeness (QED) is 0.626. The molecule has 0 N–H and O–H groups in total. The van der Waals surface area contributed by atoms with Crippen molar-refractivity contribution in [3.63, 3.8) is 0 Å². The summed E-state index contributed by atoms with van der Waals surface area (Å²) in [5.74, 6) is -1.37. The van der Waals surface area contributed by atoms with Crippen molar-refractivity contribution in [2.75, 3.05) is 5.75 Å². The first-order valence-corrected chi connectivity index (χ1v) is 7.49. The Hall–Kier alpha value is -1.87. The fraction of sp³-hybridized carbons (Fsp3) is 0.300. The number of nitrogens with zero attached hydrogens (tertiary/aromatic N) is 2. The Morgan fingerprint density at radius 3 is 2.65 bits per heavy atom. The molecule has 0 atom stereocenters. The van der Waals surface area contributed by atoms with Crippen LogP contribution in [0.5, 0.6) is 0 Å². The lowest BCUT2D eigenvalue weighted by Gasteiger charge is -2.02. The summed E-state index contributed by atoms with van der Waals surface area (Å²) in [4.78, 5) is 21.6. The van der Waals surface area contributed by atoms with E-state index in [-0.39, 0.29) is 21.9 Å². The molecule has 0 saturated carbocycles. The summed E-state index contributed by atoms with van der Waals surface area (Å²) < 4.78 is 29.2. The van der Waals surface area contributed by atoms with Gasteiger partial charge in [0.05, 0.1) is 16.7 Å². The zero-order valence-electron chi connectivity index (χ0n) is 10.2. The van der Waals surface area contributed by atoms with Crippen LogP contribution in [0.3, 0.4) is 0 Å². The molecule has 0 bridgehead atoms. The van der Waals surface area contributed by atoms with Gasteiger partial charge in [0.15, 0.2) is 5.58 Å². The van der Waals surface area contributed by atoms with Crippen LogP contribution < -0.4 is 5.76 Å². The molecule has 0 radical (unpaired) electrons. The predicted molar refractivity (Wildman–Crippen MR) is 71.6 cm³/mol. The van der Waals surface area contributed by atoms with E-state index in [0.29, 0.717) is 10.4 Å². The Morgan fingerprint density at radius 1 is 1.45 bits per heavy atom. The van der Waals surface area contributed by atoms with Gasteiger partial charge in [-0.15, -0.1) is 0 Å². The van der Waals surface area contributed by atoms with Gasteiger partial charge in [-0.1, -0.05) is 18.5 Å². The Labute approximate surface area is 117 Å². The van der Waals surface area contributed by atoms with Gasteiger partial charge >= 0.3 is 5.76 Å². The van der Waals surface area contributed by atoms with Crippen LogP contribution in [0.15, 0.2) is 21.3 Å². The van der Waals surface area contributed by atoms with Gasteiger partial charge in [0.2, 0.25) is 10.0 Å². The molecule has 1 heterocycles. The number of fused-ring (bicyclic) bond motifs is 1. The third-order valence-corrected chi connectivity index (χ3v) is 4.68. The van der Waals surface area contributed by atoms with Gasteiger partial charge in [0.25, 0.3) is 5.69 Å². The van der Waals surface area contributed by atoms with Crippen molar-refractivity contribution < 1.29 is 17.8 Å². The summed E-state index contributed by atoms with van der Waals surface area (Å²) >= 11 is 5.71. The number of oxazole rings is 1. The van der Waals surface area contributed by atoms with Gasteiger partial charge < -0.3 is 4.42 Å². The third kappa shape index (κ3) is 2.29. The largest absolute Gasteiger partial charge is 0.434 e. The number of halogens is 1. The average Bonchev–Trinajstić information content (AvgIpc) is 2.63. The third-order valence-electron chi connectivity index (χ3n) is 2.55. The molecule has 0 amide bonds. The lowest BCUT2D eigenvalue weighted by atomic mass is 10.3. The molecular formula is C10H9ClN2O6S. The van der Waals surface area contributed by atoms with Crippen LogP contribution >= 0.6 is 11.6 Å². The summed E-state index contributed by atoms with van der Waals surface area (Å²) in [6.45, 7) is 1.64. The van der Waals surface area contributed by atoms with E-state index < -0.39 is 26.4 Å². The van der Waals surface area contributed by atoms with Crippen LogP contribution in [0.2, 0.25) is 5.02 Å². The Morgan fingerprint density at radius 2 is 2.10 bits per heavy atom. The molecule has 0 aliphatic carbocycles. The molecule has 2 rings (SSSR count). The van der Waals surface area contributed by atoms with E-state index in [4.69, 9.17) is 16.0 Å². The number of nitro groups is 1. The second kappa shape index (κ2) is 4.91. The number of rotatable bonds is 4. The highest BCUT2D eigenvalue weighted by Crippen LogP contribution is 2.29. The summed E-state index contributed by atoms with van der Waals surface area (Å²) in [5, 5.41) is 10.5. The highest BCUT2D eigenvalue weighted by atomic mass is 35.5. The maximum absolute atomic E-state index is 12.0. The maximum atomic E-state index is 12.0. The first-order chi connectivity index (χ1) is 9.27. The van der Waals surface area contributed by atoms with Gasteiger partial charge in [-0.2, -0.15) is 3.97 Å². The van der Waals surface area contributed by atoms with Gasteiger partial charge in [-0.25, -0.2) is 13.2 Å². The summed E-state index contributed by atoms with van der Waals surface area (Å²) in [6.07, 6.45) is 0.308. The summed E-state index contributed by atoms with van der Waals surface area (Å²) in [5.41, 5.74) is -0.780. The van der Waals surface area contributed by atoms with Crippen molar-refractivity contribution in [1.29, 1.82) is 0 Å². The highest BCUT2D eigenvalue weighted by molar-refractivity contribution is 7.90. The van der Waals surface area contributed by atoms with Crippen LogP contribution in [0, 0.1) is 10.1 Å². The van der Waals surface area contributed by atoms with Crippen LogP contribution in [0.4, 0.5) is 5.69 Å². The zero-order chi connectivity index (χ0) is 15.1. The fourth-order valence-corrected chi connectivity index (χ4v) is 3.39. The van der Waals surface area contributed by atoms with Crippen molar-refractivity contribution in [2.24, 2.45) is 0 Å². The molecule has 108 valence electrons. The van der Waals surface area contributed by atoms with E-state index in [0.717, 1.165) is 12.1 Å². The Kier molecular flexibility index (Phi) is 3.57. The zero-order valence-corrected chi connectivity index (χ0v) is 11.8. The first kappa shape index (κ1) is 14.5. The van der Waals surface area contributed by atoms with Crippen molar-refractivity contribution in [3.05, 3.63) is 37.8 Å². The number of nitro benzene ring substituents is 1. The minimum Gasteiger partial charge on any atom is -0.407 e. The Balaban J connectivity index is 2.83. The van der Waals surface area contributed by atoms with E-state index in [1.54, 1.807) is 6.92 Å². The average molecular weight is 321 g/mol. The number of hydrogen-bond donors (Lipinski definition) is 0. The van der Waals surface area contributed by atoms with Gasteiger partial charge in [0, 0.05) is 0 Å². The van der Waals surface area contributed by atoms with E-state index in [1.165, 1.54) is 0 Å². The minimum absolute atomic E-state index is 0.112. The molecule has 10 heteroatoms. The molecule has 0 spiro atoms. The van der Waals surface area contributed by atoms with Crippen molar-refractivity contribution in [3.8, 4) is 0 Å². The molecule has 1 aromatic carbocycles. The van der Waals surface area contributed by atoms with E-state index in [9.17, 15) is 23.3 Å². The van der Waals surface area contributed by atoms with Gasteiger partial charge in [0.1, 0.15) is 10.5 Å². The first-order valence-electron chi connectivity index (χ1n) is 5.50. The second-order valence-electron chi connectivity index (χ2n) is 3.98. The van der Waals surface area contributed by atoms with Crippen molar-refractivity contribution in [1.82, 2.24) is 3.97 Å². The molecule has 8 nitrogen and oxygen atoms in total. The molecule has 0 saturated heterocycles. The second-order valence-corrected chi connectivity index (χ2v) is 6.32. The molecule has 20 heavy (non-hydrogen) atoms. The molecule has 1 aromatic heterocycles. The minimum atomic E-state index is -3.89. The van der Waals surface area contributed by atoms with Gasteiger partial charge in [-0.3, -0.25) is 10.1 Å². The lowest BCUT2D eigenvalue weighted by Crippen LogP contribution is -2.25. The standard InChI is InChI=1S/C10H9ClN2O6S/c1-2-3-20(17,18)12-8-4-6(11)7(13(15)16)5-9(8)19-10(12)14/h4-5H,2-3H2,1H3. The SMILES string of the molecule is CCCS(=O)(=O)n1c(=O)oc2cc([N+](=O)[O-])c(Cl)cc21. The number of aromatic nitrogens is 1. The van der Waals surface area contributed by atoms with E-state index in [2.05, 4.69) is 0 Å². The normalized spacial score (nSPS) is 11.9.